The number of para-hydroxylation sites is 1. The van der Waals surface area contributed by atoms with Gasteiger partial charge in [0.15, 0.2) is 0 Å². The van der Waals surface area contributed by atoms with E-state index in [1.165, 1.54) is 6.21 Å². The highest BCUT2D eigenvalue weighted by molar-refractivity contribution is 7.13. The highest BCUT2D eigenvalue weighted by Gasteiger charge is 2.49. The lowest BCUT2D eigenvalue weighted by Gasteiger charge is -2.21. The Bertz CT molecular complexity index is 1360. The molecule has 1 unspecified atom stereocenters. The molecule has 1 N–H and O–H groups in total. The normalized spacial score (nSPS) is 18.0. The molecule has 34 heavy (non-hydrogen) atoms. The van der Waals surface area contributed by atoms with E-state index >= 15 is 0 Å². The lowest BCUT2D eigenvalue weighted by molar-refractivity contribution is -0.131. The molecule has 2 aromatic carbocycles. The average molecular weight is 472 g/mol. The van der Waals surface area contributed by atoms with Crippen LogP contribution in [0.5, 0.6) is 5.75 Å². The van der Waals surface area contributed by atoms with Crippen molar-refractivity contribution in [1.29, 1.82) is 0 Å². The number of nitrogens with one attached hydrogen (secondary N) is 1. The molecular weight excluding hydrogens is 450 g/mol. The first-order chi connectivity index (χ1) is 16.5. The first kappa shape index (κ1) is 21.6. The lowest BCUT2D eigenvalue weighted by Crippen LogP contribution is -2.40. The Labute approximate surface area is 200 Å². The SMILES string of the molecule is COc1ccc(C2(C)NC(=O)N(/N=C/c3cn(-c4ccccc4)nc3-c3cccs3)C2=O)cc1. The van der Waals surface area contributed by atoms with Crippen molar-refractivity contribution in [2.75, 3.05) is 7.11 Å². The van der Waals surface area contributed by atoms with Gasteiger partial charge in [-0.1, -0.05) is 36.4 Å². The summed E-state index contributed by atoms with van der Waals surface area (Å²) in [6, 6.07) is 20.0. The third-order valence-corrected chi connectivity index (χ3v) is 6.54. The minimum Gasteiger partial charge on any atom is -0.497 e. The number of imide groups is 1. The van der Waals surface area contributed by atoms with Crippen molar-refractivity contribution in [3.8, 4) is 22.0 Å². The second-order valence-corrected chi connectivity index (χ2v) is 8.78. The third kappa shape index (κ3) is 3.75. The number of hydrogen-bond acceptors (Lipinski definition) is 6. The Morgan fingerprint density at radius 3 is 2.50 bits per heavy atom. The fraction of sp³-hybridized carbons (Fsp3) is 0.120. The number of rotatable bonds is 6. The molecule has 2 aromatic heterocycles. The van der Waals surface area contributed by atoms with Crippen LogP contribution in [0.2, 0.25) is 0 Å². The number of thiophene rings is 1. The number of benzene rings is 2. The molecule has 3 amide bonds. The summed E-state index contributed by atoms with van der Waals surface area (Å²) >= 11 is 1.55. The van der Waals surface area contributed by atoms with Crippen LogP contribution in [0.3, 0.4) is 0 Å². The molecular formula is C25H21N5O3S. The number of aromatic nitrogens is 2. The second kappa shape index (κ2) is 8.60. The van der Waals surface area contributed by atoms with Gasteiger partial charge in [0.2, 0.25) is 0 Å². The van der Waals surface area contributed by atoms with Gasteiger partial charge in [0, 0.05) is 11.8 Å². The van der Waals surface area contributed by atoms with E-state index in [1.807, 2.05) is 54.0 Å². The first-order valence-electron chi connectivity index (χ1n) is 10.5. The Hall–Kier alpha value is -4.24. The zero-order valence-electron chi connectivity index (χ0n) is 18.5. The summed E-state index contributed by atoms with van der Waals surface area (Å²) in [5.74, 6) is 0.197. The van der Waals surface area contributed by atoms with Crippen molar-refractivity contribution < 1.29 is 14.3 Å². The maximum absolute atomic E-state index is 13.2. The number of urea groups is 1. The molecule has 3 heterocycles. The van der Waals surface area contributed by atoms with Gasteiger partial charge in [0.25, 0.3) is 5.91 Å². The van der Waals surface area contributed by atoms with Crippen LogP contribution in [-0.4, -0.2) is 40.1 Å². The van der Waals surface area contributed by atoms with Gasteiger partial charge in [-0.05, 0) is 48.2 Å². The Balaban J connectivity index is 1.47. The standard InChI is InChI=1S/C25H21N5O3S/c1-25(18-10-12-20(33-2)13-11-18)23(31)30(24(32)27-25)26-15-17-16-29(19-7-4-3-5-8-19)28-22(17)21-9-6-14-34-21/h3-16H,1-2H3,(H,27,32)/b26-15+. The smallest absolute Gasteiger partial charge is 0.346 e. The van der Waals surface area contributed by atoms with Gasteiger partial charge in [0.05, 0.1) is 23.9 Å². The van der Waals surface area contributed by atoms with Crippen LogP contribution in [0.4, 0.5) is 4.79 Å². The van der Waals surface area contributed by atoms with E-state index in [2.05, 4.69) is 10.4 Å². The number of hydrazone groups is 1. The van der Waals surface area contributed by atoms with Crippen LogP contribution in [0, 0.1) is 0 Å². The molecule has 1 atom stereocenters. The van der Waals surface area contributed by atoms with E-state index in [0.717, 1.165) is 15.6 Å². The summed E-state index contributed by atoms with van der Waals surface area (Å²) in [7, 11) is 1.57. The zero-order valence-corrected chi connectivity index (χ0v) is 19.3. The summed E-state index contributed by atoms with van der Waals surface area (Å²) in [5, 5.41) is 14.6. The van der Waals surface area contributed by atoms with E-state index in [-0.39, 0.29) is 0 Å². The summed E-state index contributed by atoms with van der Waals surface area (Å²) in [4.78, 5) is 26.9. The van der Waals surface area contributed by atoms with Crippen LogP contribution in [0.25, 0.3) is 16.3 Å². The van der Waals surface area contributed by atoms with Crippen LogP contribution in [0.1, 0.15) is 18.1 Å². The molecule has 1 aliphatic rings. The van der Waals surface area contributed by atoms with Crippen molar-refractivity contribution in [3.63, 3.8) is 0 Å². The maximum Gasteiger partial charge on any atom is 0.346 e. The molecule has 5 rings (SSSR count). The minimum absolute atomic E-state index is 0.466. The number of amides is 3. The van der Waals surface area contributed by atoms with Gasteiger partial charge >= 0.3 is 6.03 Å². The molecule has 9 heteroatoms. The summed E-state index contributed by atoms with van der Waals surface area (Å²) in [5.41, 5.74) is 1.70. The molecule has 1 fully saturated rings. The zero-order chi connectivity index (χ0) is 23.7. The summed E-state index contributed by atoms with van der Waals surface area (Å²) < 4.78 is 6.94. The van der Waals surface area contributed by atoms with Gasteiger partial charge < -0.3 is 10.1 Å². The largest absolute Gasteiger partial charge is 0.497 e. The Morgan fingerprint density at radius 1 is 1.06 bits per heavy atom. The predicted octanol–water partition coefficient (Wildman–Crippen LogP) is 4.41. The van der Waals surface area contributed by atoms with Crippen molar-refractivity contribution in [1.82, 2.24) is 20.1 Å². The molecule has 0 spiro atoms. The van der Waals surface area contributed by atoms with Crippen molar-refractivity contribution in [2.24, 2.45) is 5.10 Å². The van der Waals surface area contributed by atoms with Crippen LogP contribution >= 0.6 is 11.3 Å². The van der Waals surface area contributed by atoms with Crippen LogP contribution < -0.4 is 10.1 Å². The van der Waals surface area contributed by atoms with E-state index in [4.69, 9.17) is 9.84 Å². The van der Waals surface area contributed by atoms with E-state index in [0.29, 0.717) is 22.6 Å². The van der Waals surface area contributed by atoms with Crippen molar-refractivity contribution in [2.45, 2.75) is 12.5 Å². The fourth-order valence-electron chi connectivity index (χ4n) is 3.77. The summed E-state index contributed by atoms with van der Waals surface area (Å²) in [6.45, 7) is 1.66. The molecule has 0 bridgehead atoms. The lowest BCUT2D eigenvalue weighted by atomic mass is 9.92. The Morgan fingerprint density at radius 2 is 1.82 bits per heavy atom. The Kier molecular flexibility index (Phi) is 5.46. The van der Waals surface area contributed by atoms with Gasteiger partial charge in [-0.3, -0.25) is 4.79 Å². The van der Waals surface area contributed by atoms with Gasteiger partial charge in [0.1, 0.15) is 17.0 Å². The first-order valence-corrected chi connectivity index (χ1v) is 11.4. The second-order valence-electron chi connectivity index (χ2n) is 7.84. The maximum atomic E-state index is 13.2. The highest BCUT2D eigenvalue weighted by Crippen LogP contribution is 2.31. The number of ether oxygens (including phenoxy) is 1. The monoisotopic (exact) mass is 471 g/mol. The quantitative estimate of drug-likeness (QED) is 0.333. The summed E-state index contributed by atoms with van der Waals surface area (Å²) in [6.07, 6.45) is 3.33. The molecule has 1 saturated heterocycles. The van der Waals surface area contributed by atoms with Crippen LogP contribution in [0.15, 0.2) is 83.4 Å². The molecule has 4 aromatic rings. The van der Waals surface area contributed by atoms with E-state index in [1.54, 1.807) is 54.3 Å². The average Bonchev–Trinajstić information content (AvgIpc) is 3.58. The number of methoxy groups -OCH3 is 1. The van der Waals surface area contributed by atoms with E-state index < -0.39 is 17.5 Å². The van der Waals surface area contributed by atoms with Crippen molar-refractivity contribution in [3.05, 3.63) is 89.4 Å². The molecule has 0 aliphatic carbocycles. The number of hydrogen-bond donors (Lipinski definition) is 1. The number of carbonyl (C=O) groups is 2. The number of carbonyl (C=O) groups excluding carboxylic acids is 2. The molecule has 0 radical (unpaired) electrons. The van der Waals surface area contributed by atoms with Gasteiger partial charge in [-0.15, -0.1) is 16.3 Å². The molecule has 8 nitrogen and oxygen atoms in total. The number of nitrogens with zero attached hydrogens (tertiary/aromatic N) is 4. The van der Waals surface area contributed by atoms with Gasteiger partial charge in [-0.25, -0.2) is 9.48 Å². The molecule has 1 aliphatic heterocycles. The van der Waals surface area contributed by atoms with Gasteiger partial charge in [-0.2, -0.15) is 10.2 Å². The van der Waals surface area contributed by atoms with E-state index in [9.17, 15) is 9.59 Å². The molecule has 170 valence electrons. The highest BCUT2D eigenvalue weighted by atomic mass is 32.1. The van der Waals surface area contributed by atoms with Crippen molar-refractivity contribution >= 4 is 29.5 Å². The topological polar surface area (TPSA) is 88.8 Å². The molecule has 0 saturated carbocycles. The predicted molar refractivity (Wildman–Crippen MR) is 130 cm³/mol. The third-order valence-electron chi connectivity index (χ3n) is 5.67. The van der Waals surface area contributed by atoms with Crippen LogP contribution in [-0.2, 0) is 10.3 Å². The fourth-order valence-corrected chi connectivity index (χ4v) is 4.50. The minimum atomic E-state index is -1.23.